The van der Waals surface area contributed by atoms with Gasteiger partial charge in [0.2, 0.25) is 0 Å². The van der Waals surface area contributed by atoms with E-state index in [-0.39, 0.29) is 5.91 Å². The maximum atomic E-state index is 12.6. The predicted octanol–water partition coefficient (Wildman–Crippen LogP) is 3.58. The predicted molar refractivity (Wildman–Crippen MR) is 76.5 cm³/mol. The Kier molecular flexibility index (Phi) is 3.31. The Hall–Kier alpha value is -2.50. The van der Waals surface area contributed by atoms with Gasteiger partial charge in [-0.05, 0) is 29.8 Å². The lowest BCUT2D eigenvalue weighted by Crippen LogP contribution is -2.44. The minimum Gasteiger partial charge on any atom is -0.350 e. The van der Waals surface area contributed by atoms with Crippen LogP contribution in [0.2, 0.25) is 0 Å². The molecule has 1 amide bonds. The summed E-state index contributed by atoms with van der Waals surface area (Å²) in [6, 6.07) is 11.9. The van der Waals surface area contributed by atoms with Crippen LogP contribution in [0, 0.1) is 0 Å². The number of nitrogens with one attached hydrogen (secondary N) is 1. The molecule has 114 valence electrons. The number of fused-ring (bicyclic) bond motifs is 1. The molecule has 1 heterocycles. The largest absolute Gasteiger partial charge is 0.416 e. The van der Waals surface area contributed by atoms with Crippen LogP contribution < -0.4 is 10.2 Å². The standard InChI is InChI=1S/C16H13F3N2O/c1-21-13-5-3-2-4-12(13)15(22)20-14(21)10-6-8-11(9-7-10)16(17,18)19/h2-9,14H,1H3,(H,20,22). The summed E-state index contributed by atoms with van der Waals surface area (Å²) in [5.41, 5.74) is 1.18. The number of amides is 1. The first-order valence-electron chi connectivity index (χ1n) is 6.68. The quantitative estimate of drug-likeness (QED) is 0.873. The molecule has 1 unspecified atom stereocenters. The van der Waals surface area contributed by atoms with Crippen molar-refractivity contribution in [2.75, 3.05) is 11.9 Å². The molecular formula is C16H13F3N2O. The van der Waals surface area contributed by atoms with Crippen molar-refractivity contribution in [1.29, 1.82) is 0 Å². The maximum absolute atomic E-state index is 12.6. The molecule has 1 aliphatic rings. The Morgan fingerprint density at radius 2 is 1.68 bits per heavy atom. The number of nitrogens with zero attached hydrogens (tertiary/aromatic N) is 1. The SMILES string of the molecule is CN1c2ccccc2C(=O)NC1c1ccc(C(F)(F)F)cc1. The molecule has 1 aliphatic heterocycles. The lowest BCUT2D eigenvalue weighted by Gasteiger charge is -2.36. The van der Waals surface area contributed by atoms with Crippen molar-refractivity contribution in [3.8, 4) is 0 Å². The highest BCUT2D eigenvalue weighted by molar-refractivity contribution is 6.01. The number of halogens is 3. The summed E-state index contributed by atoms with van der Waals surface area (Å²) < 4.78 is 37.9. The number of carbonyl (C=O) groups excluding carboxylic acids is 1. The van der Waals surface area contributed by atoms with Gasteiger partial charge in [-0.1, -0.05) is 24.3 Å². The van der Waals surface area contributed by atoms with Crippen molar-refractivity contribution < 1.29 is 18.0 Å². The molecule has 0 saturated heterocycles. The summed E-state index contributed by atoms with van der Waals surface area (Å²) in [6.07, 6.45) is -4.86. The van der Waals surface area contributed by atoms with Gasteiger partial charge in [-0.3, -0.25) is 4.79 Å². The average Bonchev–Trinajstić information content (AvgIpc) is 2.50. The van der Waals surface area contributed by atoms with Gasteiger partial charge in [-0.2, -0.15) is 13.2 Å². The minimum atomic E-state index is -4.37. The van der Waals surface area contributed by atoms with E-state index in [1.54, 1.807) is 19.2 Å². The summed E-state index contributed by atoms with van der Waals surface area (Å²) in [4.78, 5) is 14.0. The maximum Gasteiger partial charge on any atom is 0.416 e. The summed E-state index contributed by atoms with van der Waals surface area (Å²) >= 11 is 0. The fraction of sp³-hybridized carbons (Fsp3) is 0.188. The third kappa shape index (κ3) is 2.41. The molecule has 0 radical (unpaired) electrons. The molecule has 6 heteroatoms. The number of para-hydroxylation sites is 1. The van der Waals surface area contributed by atoms with E-state index < -0.39 is 17.9 Å². The molecule has 0 aromatic heterocycles. The second kappa shape index (κ2) is 5.05. The molecular weight excluding hydrogens is 293 g/mol. The van der Waals surface area contributed by atoms with Crippen molar-refractivity contribution in [2.45, 2.75) is 12.3 Å². The molecule has 3 nitrogen and oxygen atoms in total. The van der Waals surface area contributed by atoms with Crippen molar-refractivity contribution in [1.82, 2.24) is 5.32 Å². The zero-order chi connectivity index (χ0) is 15.9. The Balaban J connectivity index is 1.95. The van der Waals surface area contributed by atoms with Crippen LogP contribution in [-0.4, -0.2) is 13.0 Å². The van der Waals surface area contributed by atoms with Gasteiger partial charge in [0.1, 0.15) is 6.17 Å². The third-order valence-corrected chi connectivity index (χ3v) is 3.74. The van der Waals surface area contributed by atoms with E-state index in [4.69, 9.17) is 0 Å². The zero-order valence-corrected chi connectivity index (χ0v) is 11.7. The molecule has 3 rings (SSSR count). The van der Waals surface area contributed by atoms with Crippen LogP contribution in [0.5, 0.6) is 0 Å². The van der Waals surface area contributed by atoms with Crippen molar-refractivity contribution in [2.24, 2.45) is 0 Å². The highest BCUT2D eigenvalue weighted by atomic mass is 19.4. The highest BCUT2D eigenvalue weighted by Gasteiger charge is 2.32. The summed E-state index contributed by atoms with van der Waals surface area (Å²) in [5.74, 6) is -0.237. The number of carbonyl (C=O) groups is 1. The first-order chi connectivity index (χ1) is 10.4. The molecule has 0 bridgehead atoms. The van der Waals surface area contributed by atoms with Gasteiger partial charge in [0.15, 0.2) is 0 Å². The van der Waals surface area contributed by atoms with Crippen LogP contribution in [0.4, 0.5) is 18.9 Å². The molecule has 0 spiro atoms. The van der Waals surface area contributed by atoms with Crippen LogP contribution in [0.3, 0.4) is 0 Å². The van der Waals surface area contributed by atoms with Gasteiger partial charge in [-0.15, -0.1) is 0 Å². The van der Waals surface area contributed by atoms with Gasteiger partial charge in [-0.25, -0.2) is 0 Å². The van der Waals surface area contributed by atoms with E-state index >= 15 is 0 Å². The van der Waals surface area contributed by atoms with E-state index in [2.05, 4.69) is 5.32 Å². The molecule has 0 fully saturated rings. The average molecular weight is 306 g/mol. The first-order valence-corrected chi connectivity index (χ1v) is 6.68. The van der Waals surface area contributed by atoms with Crippen LogP contribution >= 0.6 is 0 Å². The van der Waals surface area contributed by atoms with Gasteiger partial charge in [0, 0.05) is 7.05 Å². The van der Waals surface area contributed by atoms with Crippen molar-refractivity contribution >= 4 is 11.6 Å². The molecule has 2 aromatic rings. The van der Waals surface area contributed by atoms with Crippen LogP contribution in [0.25, 0.3) is 0 Å². The Morgan fingerprint density at radius 3 is 2.32 bits per heavy atom. The normalized spacial score (nSPS) is 17.9. The number of benzene rings is 2. The number of rotatable bonds is 1. The summed E-state index contributed by atoms with van der Waals surface area (Å²) in [7, 11) is 1.79. The fourth-order valence-corrected chi connectivity index (χ4v) is 2.57. The van der Waals surface area contributed by atoms with E-state index in [9.17, 15) is 18.0 Å². The number of anilines is 1. The topological polar surface area (TPSA) is 32.3 Å². The van der Waals surface area contributed by atoms with E-state index in [1.807, 2.05) is 17.0 Å². The van der Waals surface area contributed by atoms with Crippen LogP contribution in [0.1, 0.15) is 27.7 Å². The second-order valence-corrected chi connectivity index (χ2v) is 5.12. The lowest BCUT2D eigenvalue weighted by molar-refractivity contribution is -0.137. The third-order valence-electron chi connectivity index (χ3n) is 3.74. The van der Waals surface area contributed by atoms with E-state index in [0.717, 1.165) is 17.8 Å². The van der Waals surface area contributed by atoms with Gasteiger partial charge in [0.25, 0.3) is 5.91 Å². The van der Waals surface area contributed by atoms with Gasteiger partial charge < -0.3 is 10.2 Å². The number of hydrogen-bond donors (Lipinski definition) is 1. The summed E-state index contributed by atoms with van der Waals surface area (Å²) in [6.45, 7) is 0. The molecule has 1 N–H and O–H groups in total. The molecule has 0 saturated carbocycles. The Labute approximate surface area is 125 Å². The summed E-state index contributed by atoms with van der Waals surface area (Å²) in [5, 5.41) is 2.80. The molecule has 2 aromatic carbocycles. The Morgan fingerprint density at radius 1 is 1.05 bits per heavy atom. The fourth-order valence-electron chi connectivity index (χ4n) is 2.57. The first kappa shape index (κ1) is 14.4. The Bertz CT molecular complexity index is 710. The van der Waals surface area contributed by atoms with E-state index in [0.29, 0.717) is 11.1 Å². The smallest absolute Gasteiger partial charge is 0.350 e. The van der Waals surface area contributed by atoms with Crippen molar-refractivity contribution in [3.63, 3.8) is 0 Å². The molecule has 1 atom stereocenters. The highest BCUT2D eigenvalue weighted by Crippen LogP contribution is 2.33. The van der Waals surface area contributed by atoms with Crippen molar-refractivity contribution in [3.05, 3.63) is 65.2 Å². The minimum absolute atomic E-state index is 0.237. The van der Waals surface area contributed by atoms with Crippen LogP contribution in [0.15, 0.2) is 48.5 Å². The second-order valence-electron chi connectivity index (χ2n) is 5.12. The number of alkyl halides is 3. The molecule has 22 heavy (non-hydrogen) atoms. The van der Waals surface area contributed by atoms with E-state index in [1.165, 1.54) is 12.1 Å². The van der Waals surface area contributed by atoms with Crippen LogP contribution in [-0.2, 0) is 6.18 Å². The number of hydrogen-bond acceptors (Lipinski definition) is 2. The van der Waals surface area contributed by atoms with Gasteiger partial charge in [0.05, 0.1) is 16.8 Å². The zero-order valence-electron chi connectivity index (χ0n) is 11.7. The van der Waals surface area contributed by atoms with Gasteiger partial charge >= 0.3 is 6.18 Å². The monoisotopic (exact) mass is 306 g/mol. The molecule has 0 aliphatic carbocycles. The lowest BCUT2D eigenvalue weighted by atomic mass is 10.0.